The van der Waals surface area contributed by atoms with E-state index in [-0.39, 0.29) is 23.8 Å². The van der Waals surface area contributed by atoms with Crippen LogP contribution in [-0.4, -0.2) is 28.3 Å². The fourth-order valence-corrected chi connectivity index (χ4v) is 3.57. The van der Waals surface area contributed by atoms with Crippen molar-refractivity contribution in [2.75, 3.05) is 5.32 Å². The Kier molecular flexibility index (Phi) is 6.22. The summed E-state index contributed by atoms with van der Waals surface area (Å²) >= 11 is 0. The van der Waals surface area contributed by atoms with E-state index in [1.165, 1.54) is 0 Å². The molecule has 1 aliphatic carbocycles. The predicted octanol–water partition coefficient (Wildman–Crippen LogP) is 3.29. The van der Waals surface area contributed by atoms with Gasteiger partial charge in [-0.2, -0.15) is 0 Å². The van der Waals surface area contributed by atoms with Gasteiger partial charge >= 0.3 is 0 Å². The second-order valence-electron chi connectivity index (χ2n) is 7.73. The summed E-state index contributed by atoms with van der Waals surface area (Å²) < 4.78 is 0. The van der Waals surface area contributed by atoms with E-state index in [4.69, 9.17) is 5.73 Å². The lowest BCUT2D eigenvalue weighted by molar-refractivity contribution is -0.131. The average molecular weight is 345 g/mol. The van der Waals surface area contributed by atoms with Crippen molar-refractivity contribution < 1.29 is 9.59 Å². The second kappa shape index (κ2) is 8.00. The number of nitrogens with one attached hydrogen (secondary N) is 1. The highest BCUT2D eigenvalue weighted by molar-refractivity contribution is 5.93. The number of nitrogens with zero attached hydrogens (tertiary/aromatic N) is 1. The maximum Gasteiger partial charge on any atom is 0.229 e. The number of amides is 2. The normalized spacial score (nSPS) is 23.4. The fraction of sp³-hybridized carbons (Fsp3) is 0.600. The SMILES string of the molecule is CC(=O)N(Cc1ccc(NC(=O)C2CCCCC2(C)N)cc1)C(C)C. The standard InChI is InChI=1S/C20H31N3O2/c1-14(2)23(15(3)24)13-16-8-10-17(11-9-16)22-19(25)18-7-5-6-12-20(18,4)21/h8-11,14,18H,5-7,12-13,21H2,1-4H3,(H,22,25). The molecule has 1 saturated carbocycles. The van der Waals surface area contributed by atoms with E-state index in [1.54, 1.807) is 6.92 Å². The highest BCUT2D eigenvalue weighted by Crippen LogP contribution is 2.32. The van der Waals surface area contributed by atoms with Gasteiger partial charge in [0.2, 0.25) is 11.8 Å². The largest absolute Gasteiger partial charge is 0.336 e. The van der Waals surface area contributed by atoms with E-state index < -0.39 is 5.54 Å². The molecule has 25 heavy (non-hydrogen) atoms. The summed E-state index contributed by atoms with van der Waals surface area (Å²) in [6.07, 6.45) is 3.88. The molecule has 0 bridgehead atoms. The van der Waals surface area contributed by atoms with Crippen molar-refractivity contribution in [2.45, 2.75) is 71.5 Å². The van der Waals surface area contributed by atoms with E-state index in [9.17, 15) is 9.59 Å². The van der Waals surface area contributed by atoms with Gasteiger partial charge in [0.15, 0.2) is 0 Å². The van der Waals surface area contributed by atoms with Gasteiger partial charge < -0.3 is 16.0 Å². The van der Waals surface area contributed by atoms with Crippen LogP contribution in [0.25, 0.3) is 0 Å². The lowest BCUT2D eigenvalue weighted by atomic mass is 9.74. The van der Waals surface area contributed by atoms with Crippen molar-refractivity contribution in [3.8, 4) is 0 Å². The highest BCUT2D eigenvalue weighted by atomic mass is 16.2. The molecule has 3 N–H and O–H groups in total. The predicted molar refractivity (Wildman–Crippen MR) is 101 cm³/mol. The summed E-state index contributed by atoms with van der Waals surface area (Å²) in [4.78, 5) is 26.1. The Hall–Kier alpha value is -1.88. The Morgan fingerprint density at radius 1 is 1.28 bits per heavy atom. The van der Waals surface area contributed by atoms with Crippen LogP contribution in [0, 0.1) is 5.92 Å². The first-order valence-electron chi connectivity index (χ1n) is 9.16. The summed E-state index contributed by atoms with van der Waals surface area (Å²) in [7, 11) is 0. The van der Waals surface area contributed by atoms with Crippen LogP contribution in [0.3, 0.4) is 0 Å². The first-order chi connectivity index (χ1) is 11.7. The molecule has 0 spiro atoms. The third-order valence-corrected chi connectivity index (χ3v) is 5.17. The van der Waals surface area contributed by atoms with Crippen LogP contribution in [0.5, 0.6) is 0 Å². The van der Waals surface area contributed by atoms with Crippen LogP contribution in [-0.2, 0) is 16.1 Å². The van der Waals surface area contributed by atoms with Gasteiger partial charge in [0.25, 0.3) is 0 Å². The number of anilines is 1. The molecule has 2 rings (SSSR count). The molecule has 1 fully saturated rings. The van der Waals surface area contributed by atoms with Gasteiger partial charge in [-0.25, -0.2) is 0 Å². The van der Waals surface area contributed by atoms with Crippen LogP contribution in [0.1, 0.15) is 58.9 Å². The molecule has 2 atom stereocenters. The van der Waals surface area contributed by atoms with Crippen LogP contribution in [0.4, 0.5) is 5.69 Å². The first kappa shape index (κ1) is 19.4. The lowest BCUT2D eigenvalue weighted by Gasteiger charge is -2.37. The van der Waals surface area contributed by atoms with Gasteiger partial charge in [0, 0.05) is 30.7 Å². The maximum atomic E-state index is 12.6. The van der Waals surface area contributed by atoms with Crippen molar-refractivity contribution >= 4 is 17.5 Å². The minimum atomic E-state index is -0.429. The van der Waals surface area contributed by atoms with Gasteiger partial charge in [-0.05, 0) is 51.3 Å². The van der Waals surface area contributed by atoms with Crippen molar-refractivity contribution in [3.63, 3.8) is 0 Å². The molecule has 138 valence electrons. The number of benzene rings is 1. The van der Waals surface area contributed by atoms with Crippen LogP contribution >= 0.6 is 0 Å². The van der Waals surface area contributed by atoms with E-state index in [1.807, 2.05) is 49.9 Å². The zero-order chi connectivity index (χ0) is 18.6. The van der Waals surface area contributed by atoms with Gasteiger partial charge in [-0.3, -0.25) is 9.59 Å². The molecule has 1 aromatic rings. The number of carbonyl (C=O) groups is 2. The molecule has 1 aliphatic rings. The van der Waals surface area contributed by atoms with Gasteiger partial charge in [0.1, 0.15) is 0 Å². The Balaban J connectivity index is 2.00. The number of rotatable bonds is 5. The lowest BCUT2D eigenvalue weighted by Crippen LogP contribution is -2.51. The zero-order valence-corrected chi connectivity index (χ0v) is 15.8. The molecule has 5 nitrogen and oxygen atoms in total. The molecule has 1 aromatic carbocycles. The van der Waals surface area contributed by atoms with Gasteiger partial charge in [-0.1, -0.05) is 25.0 Å². The molecule has 0 radical (unpaired) electrons. The van der Waals surface area contributed by atoms with E-state index in [0.717, 1.165) is 36.9 Å². The molecule has 2 unspecified atom stereocenters. The van der Waals surface area contributed by atoms with E-state index in [0.29, 0.717) is 6.54 Å². The summed E-state index contributed by atoms with van der Waals surface area (Å²) in [5.41, 5.74) is 7.70. The number of hydrogen-bond donors (Lipinski definition) is 2. The van der Waals surface area contributed by atoms with Crippen molar-refractivity contribution in [1.29, 1.82) is 0 Å². The smallest absolute Gasteiger partial charge is 0.229 e. The third kappa shape index (κ3) is 5.05. The quantitative estimate of drug-likeness (QED) is 0.860. The molecule has 0 aromatic heterocycles. The fourth-order valence-electron chi connectivity index (χ4n) is 3.57. The monoisotopic (exact) mass is 345 g/mol. The Morgan fingerprint density at radius 2 is 1.92 bits per heavy atom. The minimum absolute atomic E-state index is 0.00462. The van der Waals surface area contributed by atoms with Gasteiger partial charge in [-0.15, -0.1) is 0 Å². The third-order valence-electron chi connectivity index (χ3n) is 5.17. The summed E-state index contributed by atoms with van der Waals surface area (Å²) in [5.74, 6) is -0.0769. The molecule has 0 saturated heterocycles. The number of hydrogen-bond acceptors (Lipinski definition) is 3. The maximum absolute atomic E-state index is 12.6. The summed E-state index contributed by atoms with van der Waals surface area (Å²) in [5, 5.41) is 2.99. The highest BCUT2D eigenvalue weighted by Gasteiger charge is 2.37. The van der Waals surface area contributed by atoms with Crippen LogP contribution in [0.2, 0.25) is 0 Å². The van der Waals surface area contributed by atoms with Crippen LogP contribution < -0.4 is 11.1 Å². The molecular formula is C20H31N3O2. The summed E-state index contributed by atoms with van der Waals surface area (Å²) in [6, 6.07) is 7.85. The zero-order valence-electron chi connectivity index (χ0n) is 15.8. The molecule has 2 amide bonds. The summed E-state index contributed by atoms with van der Waals surface area (Å²) in [6.45, 7) is 8.14. The molecule has 5 heteroatoms. The van der Waals surface area contributed by atoms with E-state index in [2.05, 4.69) is 5.32 Å². The molecular weight excluding hydrogens is 314 g/mol. The molecule has 0 aliphatic heterocycles. The Labute approximate surface area is 151 Å². The first-order valence-corrected chi connectivity index (χ1v) is 9.16. The molecule has 0 heterocycles. The Bertz CT molecular complexity index is 608. The number of carbonyl (C=O) groups excluding carboxylic acids is 2. The van der Waals surface area contributed by atoms with Crippen molar-refractivity contribution in [1.82, 2.24) is 4.90 Å². The average Bonchev–Trinajstić information content (AvgIpc) is 2.52. The minimum Gasteiger partial charge on any atom is -0.336 e. The van der Waals surface area contributed by atoms with Crippen molar-refractivity contribution in [3.05, 3.63) is 29.8 Å². The number of nitrogens with two attached hydrogens (primary N) is 1. The van der Waals surface area contributed by atoms with Crippen LogP contribution in [0.15, 0.2) is 24.3 Å². The second-order valence-corrected chi connectivity index (χ2v) is 7.73. The van der Waals surface area contributed by atoms with Crippen molar-refractivity contribution in [2.24, 2.45) is 11.7 Å². The topological polar surface area (TPSA) is 75.4 Å². The Morgan fingerprint density at radius 3 is 2.44 bits per heavy atom. The van der Waals surface area contributed by atoms with E-state index >= 15 is 0 Å². The van der Waals surface area contributed by atoms with Gasteiger partial charge in [0.05, 0.1) is 5.92 Å².